The quantitative estimate of drug-likeness (QED) is 0.388. The highest BCUT2D eigenvalue weighted by Gasteiger charge is 2.27. The van der Waals surface area contributed by atoms with Crippen LogP contribution < -0.4 is 0 Å². The van der Waals surface area contributed by atoms with Crippen molar-refractivity contribution in [3.8, 4) is 11.5 Å². The lowest BCUT2D eigenvalue weighted by atomic mass is 10.2. The van der Waals surface area contributed by atoms with Crippen molar-refractivity contribution < 1.29 is 27.0 Å². The maximum atomic E-state index is 13.3. The van der Waals surface area contributed by atoms with Gasteiger partial charge in [0.15, 0.2) is 0 Å². The molecule has 0 bridgehead atoms. The van der Waals surface area contributed by atoms with Gasteiger partial charge in [0, 0.05) is 63.5 Å². The molecule has 2 heterocycles. The largest absolute Gasteiger partial charge is 0.508 e. The van der Waals surface area contributed by atoms with Crippen LogP contribution in [0.5, 0.6) is 11.5 Å². The van der Waals surface area contributed by atoms with Crippen LogP contribution in [0.2, 0.25) is 0 Å². The molecule has 0 amide bonds. The highest BCUT2D eigenvalue weighted by atomic mass is 32.2. The van der Waals surface area contributed by atoms with Gasteiger partial charge >= 0.3 is 0 Å². The highest BCUT2D eigenvalue weighted by molar-refractivity contribution is 7.89. The van der Waals surface area contributed by atoms with Crippen LogP contribution in [0.25, 0.3) is 0 Å². The van der Waals surface area contributed by atoms with E-state index in [9.17, 15) is 27.0 Å². The van der Waals surface area contributed by atoms with E-state index in [0.29, 0.717) is 63.5 Å². The number of sulfonamides is 2. The third-order valence-electron chi connectivity index (χ3n) is 8.25. The lowest BCUT2D eigenvalue weighted by Gasteiger charge is -2.24. The van der Waals surface area contributed by atoms with Gasteiger partial charge in [-0.05, 0) is 76.2 Å². The SMILES string of the molecule is CN(CCN(C)Cc1cc(S(=O)(=O)N2CCCCCC2)ccc1O)Cc1cc(S(=O)(=O)N2CCCCCC2)ccc1O. The number of hydrogen-bond donors (Lipinski definition) is 2. The number of aromatic hydroxyl groups is 2. The van der Waals surface area contributed by atoms with Gasteiger partial charge in [0.25, 0.3) is 0 Å². The Morgan fingerprint density at radius 2 is 0.929 bits per heavy atom. The number of nitrogens with zero attached hydrogens (tertiary/aromatic N) is 4. The predicted octanol–water partition coefficient (Wildman–Crippen LogP) is 3.79. The second-order valence-corrected chi connectivity index (χ2v) is 15.6. The fraction of sp³-hybridized carbons (Fsp3) is 0.600. The van der Waals surface area contributed by atoms with Crippen LogP contribution in [-0.4, -0.2) is 98.8 Å². The number of phenols is 2. The van der Waals surface area contributed by atoms with Crippen LogP contribution in [0.15, 0.2) is 46.2 Å². The zero-order chi connectivity index (χ0) is 30.3. The second kappa shape index (κ2) is 14.5. The maximum Gasteiger partial charge on any atom is 0.243 e. The van der Waals surface area contributed by atoms with Crippen LogP contribution >= 0.6 is 0 Å². The molecule has 12 heteroatoms. The molecule has 2 saturated heterocycles. The van der Waals surface area contributed by atoms with Gasteiger partial charge in [-0.3, -0.25) is 0 Å². The van der Waals surface area contributed by atoms with Crippen molar-refractivity contribution >= 4 is 20.0 Å². The fourth-order valence-electron chi connectivity index (χ4n) is 5.64. The Morgan fingerprint density at radius 3 is 1.26 bits per heavy atom. The molecule has 234 valence electrons. The monoisotopic (exact) mass is 622 g/mol. The van der Waals surface area contributed by atoms with Crippen molar-refractivity contribution in [1.29, 1.82) is 0 Å². The van der Waals surface area contributed by atoms with Crippen LogP contribution in [0, 0.1) is 0 Å². The summed E-state index contributed by atoms with van der Waals surface area (Å²) in [6.45, 7) is 4.01. The molecule has 2 aromatic carbocycles. The average Bonchev–Trinajstić information content (AvgIpc) is 3.41. The summed E-state index contributed by atoms with van der Waals surface area (Å²) >= 11 is 0. The number of hydrogen-bond acceptors (Lipinski definition) is 8. The molecule has 0 spiro atoms. The Bertz CT molecular complexity index is 1290. The first-order chi connectivity index (χ1) is 20.0. The van der Waals surface area contributed by atoms with Crippen LogP contribution in [0.4, 0.5) is 0 Å². The maximum absolute atomic E-state index is 13.3. The lowest BCUT2D eigenvalue weighted by molar-refractivity contribution is 0.243. The first-order valence-corrected chi connectivity index (χ1v) is 17.9. The summed E-state index contributed by atoms with van der Waals surface area (Å²) < 4.78 is 56.1. The minimum atomic E-state index is -3.62. The Balaban J connectivity index is 1.36. The lowest BCUT2D eigenvalue weighted by Crippen LogP contribution is -2.32. The van der Waals surface area contributed by atoms with Crippen molar-refractivity contribution in [3.05, 3.63) is 47.5 Å². The van der Waals surface area contributed by atoms with Gasteiger partial charge in [0.1, 0.15) is 11.5 Å². The van der Waals surface area contributed by atoms with Gasteiger partial charge in [-0.25, -0.2) is 16.8 Å². The minimum Gasteiger partial charge on any atom is -0.508 e. The molecular weight excluding hydrogens is 576 g/mol. The van der Waals surface area contributed by atoms with Gasteiger partial charge in [-0.2, -0.15) is 8.61 Å². The first kappa shape index (κ1) is 32.7. The molecule has 0 aromatic heterocycles. The average molecular weight is 623 g/mol. The van der Waals surface area contributed by atoms with E-state index >= 15 is 0 Å². The van der Waals surface area contributed by atoms with E-state index < -0.39 is 20.0 Å². The molecule has 2 aliphatic heterocycles. The smallest absolute Gasteiger partial charge is 0.243 e. The molecule has 2 aliphatic rings. The normalized spacial score (nSPS) is 18.3. The van der Waals surface area contributed by atoms with Crippen LogP contribution in [-0.2, 0) is 33.1 Å². The first-order valence-electron chi connectivity index (χ1n) is 15.0. The molecule has 0 atom stereocenters. The van der Waals surface area contributed by atoms with E-state index in [1.54, 1.807) is 20.7 Å². The van der Waals surface area contributed by atoms with Gasteiger partial charge in [-0.1, -0.05) is 25.7 Å². The van der Waals surface area contributed by atoms with E-state index in [4.69, 9.17) is 0 Å². The summed E-state index contributed by atoms with van der Waals surface area (Å²) in [5.41, 5.74) is 1.08. The van der Waals surface area contributed by atoms with Gasteiger partial charge in [0.05, 0.1) is 9.79 Å². The van der Waals surface area contributed by atoms with E-state index in [2.05, 4.69) is 0 Å². The zero-order valence-corrected chi connectivity index (χ0v) is 26.5. The van der Waals surface area contributed by atoms with E-state index in [1.807, 2.05) is 23.9 Å². The second-order valence-electron chi connectivity index (χ2n) is 11.7. The van der Waals surface area contributed by atoms with Crippen molar-refractivity contribution in [2.24, 2.45) is 0 Å². The number of benzene rings is 2. The van der Waals surface area contributed by atoms with Crippen LogP contribution in [0.1, 0.15) is 62.5 Å². The summed E-state index contributed by atoms with van der Waals surface area (Å²) in [6.07, 6.45) is 7.58. The standard InChI is InChI=1S/C30H46N4O6S2/c1-31(23-25-21-27(11-13-29(25)35)41(37,38)33-15-7-3-4-8-16-33)19-20-32(2)24-26-22-28(12-14-30(26)36)42(39,40)34-17-9-5-6-10-18-34/h11-14,21-22,35-36H,3-10,15-20,23-24H2,1-2H3. The Kier molecular flexibility index (Phi) is 11.3. The Hall–Kier alpha value is -2.22. The van der Waals surface area contributed by atoms with Crippen molar-refractivity contribution in [2.75, 3.05) is 53.4 Å². The summed E-state index contributed by atoms with van der Waals surface area (Å²) in [6, 6.07) is 9.00. The van der Waals surface area contributed by atoms with Gasteiger partial charge in [0.2, 0.25) is 20.0 Å². The molecule has 2 fully saturated rings. The molecule has 2 N–H and O–H groups in total. The fourth-order valence-corrected chi connectivity index (χ4v) is 8.78. The number of phenolic OH excluding ortho intramolecular Hbond substituents is 2. The molecule has 0 unspecified atom stereocenters. The van der Waals surface area contributed by atoms with Crippen molar-refractivity contribution in [1.82, 2.24) is 18.4 Å². The Morgan fingerprint density at radius 1 is 0.595 bits per heavy atom. The minimum absolute atomic E-state index is 0.0531. The third kappa shape index (κ3) is 8.23. The molecule has 4 rings (SSSR count). The predicted molar refractivity (Wildman–Crippen MR) is 163 cm³/mol. The number of rotatable bonds is 11. The molecule has 0 saturated carbocycles. The summed E-state index contributed by atoms with van der Waals surface area (Å²) in [7, 11) is -3.45. The van der Waals surface area contributed by atoms with E-state index in [1.165, 1.54) is 24.3 Å². The summed E-state index contributed by atoms with van der Waals surface area (Å²) in [4.78, 5) is 4.39. The molecule has 42 heavy (non-hydrogen) atoms. The van der Waals surface area contributed by atoms with Crippen molar-refractivity contribution in [2.45, 2.75) is 74.2 Å². The summed E-state index contributed by atoms with van der Waals surface area (Å²) in [5, 5.41) is 21.0. The van der Waals surface area contributed by atoms with Gasteiger partial charge < -0.3 is 20.0 Å². The van der Waals surface area contributed by atoms with E-state index in [0.717, 1.165) is 51.4 Å². The van der Waals surface area contributed by atoms with Crippen molar-refractivity contribution in [3.63, 3.8) is 0 Å². The molecule has 2 aromatic rings. The molecule has 0 radical (unpaired) electrons. The third-order valence-corrected chi connectivity index (χ3v) is 12.0. The zero-order valence-electron chi connectivity index (χ0n) is 24.9. The number of likely N-dealkylation sites (N-methyl/N-ethyl adjacent to an activating group) is 2. The summed E-state index contributed by atoms with van der Waals surface area (Å²) in [5.74, 6) is 0.106. The van der Waals surface area contributed by atoms with E-state index in [-0.39, 0.29) is 21.3 Å². The molecular formula is C30H46N4O6S2. The van der Waals surface area contributed by atoms with Crippen LogP contribution in [0.3, 0.4) is 0 Å². The Labute approximate surface area is 251 Å². The van der Waals surface area contributed by atoms with Gasteiger partial charge in [-0.15, -0.1) is 0 Å². The highest BCUT2D eigenvalue weighted by Crippen LogP contribution is 2.28. The molecule has 10 nitrogen and oxygen atoms in total. The topological polar surface area (TPSA) is 122 Å². The molecule has 0 aliphatic carbocycles.